The van der Waals surface area contributed by atoms with Gasteiger partial charge in [-0.05, 0) is 25.2 Å². The van der Waals surface area contributed by atoms with E-state index in [1.54, 1.807) is 18.2 Å². The predicted molar refractivity (Wildman–Crippen MR) is 74.1 cm³/mol. The molecule has 104 valence electrons. The number of carbonyl (C=O) groups is 2. The molecule has 1 aromatic carbocycles. The molecule has 0 aromatic heterocycles. The maximum Gasteiger partial charge on any atom is 0.262 e. The minimum atomic E-state index is -0.213. The zero-order valence-corrected chi connectivity index (χ0v) is 11.3. The first-order chi connectivity index (χ1) is 8.70. The van der Waals surface area contributed by atoms with Gasteiger partial charge in [0.15, 0.2) is 6.61 Å². The molecule has 0 saturated carbocycles. The summed E-state index contributed by atoms with van der Waals surface area (Å²) in [4.78, 5) is 23.0. The second-order valence-corrected chi connectivity index (χ2v) is 3.91. The summed E-state index contributed by atoms with van der Waals surface area (Å²) in [6.45, 7) is 1.27. The number of anilines is 1. The Kier molecular flexibility index (Phi) is 5.59. The maximum atomic E-state index is 11.8. The number of hydrogen-bond donors (Lipinski definition) is 3. The molecule has 0 radical (unpaired) electrons. The molecule has 2 rings (SSSR count). The van der Waals surface area contributed by atoms with E-state index in [0.29, 0.717) is 30.1 Å². The van der Waals surface area contributed by atoms with Gasteiger partial charge in [0.25, 0.3) is 11.8 Å². The number of fused-ring (bicyclic) bond motifs is 1. The summed E-state index contributed by atoms with van der Waals surface area (Å²) < 4.78 is 5.22. The average Bonchev–Trinajstić information content (AvgIpc) is 2.38. The smallest absolute Gasteiger partial charge is 0.262 e. The molecule has 0 aliphatic carbocycles. The SMILES string of the molecule is CNCCNC(=O)c1ccc2c(c1)NC(=O)CO2.Cl. The summed E-state index contributed by atoms with van der Waals surface area (Å²) in [5.74, 6) is 0.199. The van der Waals surface area contributed by atoms with Crippen LogP contribution in [-0.4, -0.2) is 38.6 Å². The number of halogens is 1. The molecule has 0 spiro atoms. The second-order valence-electron chi connectivity index (χ2n) is 3.91. The van der Waals surface area contributed by atoms with Crippen molar-refractivity contribution in [2.45, 2.75) is 0 Å². The van der Waals surface area contributed by atoms with Crippen LogP contribution in [0.5, 0.6) is 5.75 Å². The van der Waals surface area contributed by atoms with Gasteiger partial charge >= 0.3 is 0 Å². The van der Waals surface area contributed by atoms with Crippen LogP contribution < -0.4 is 20.7 Å². The number of likely N-dealkylation sites (N-methyl/N-ethyl adjacent to an activating group) is 1. The molecule has 6 nitrogen and oxygen atoms in total. The van der Waals surface area contributed by atoms with Crippen LogP contribution in [0.2, 0.25) is 0 Å². The summed E-state index contributed by atoms with van der Waals surface area (Å²) in [5.41, 5.74) is 1.03. The number of ether oxygens (including phenoxy) is 1. The number of hydrogen-bond acceptors (Lipinski definition) is 4. The van der Waals surface area contributed by atoms with Crippen molar-refractivity contribution in [2.24, 2.45) is 0 Å². The molecule has 19 heavy (non-hydrogen) atoms. The summed E-state index contributed by atoms with van der Waals surface area (Å²) in [7, 11) is 1.82. The van der Waals surface area contributed by atoms with E-state index in [9.17, 15) is 9.59 Å². The fourth-order valence-corrected chi connectivity index (χ4v) is 1.63. The van der Waals surface area contributed by atoms with E-state index in [2.05, 4.69) is 16.0 Å². The van der Waals surface area contributed by atoms with Gasteiger partial charge < -0.3 is 20.7 Å². The predicted octanol–water partition coefficient (Wildman–Crippen LogP) is 0.388. The molecule has 2 amide bonds. The van der Waals surface area contributed by atoms with E-state index < -0.39 is 0 Å². The molecule has 0 bridgehead atoms. The van der Waals surface area contributed by atoms with E-state index in [-0.39, 0.29) is 30.8 Å². The van der Waals surface area contributed by atoms with Crippen LogP contribution >= 0.6 is 12.4 Å². The first-order valence-electron chi connectivity index (χ1n) is 5.70. The van der Waals surface area contributed by atoms with Gasteiger partial charge in [-0.15, -0.1) is 12.4 Å². The standard InChI is InChI=1S/C12H15N3O3.ClH/c1-13-4-5-14-12(17)8-2-3-10-9(6-8)15-11(16)7-18-10;/h2-3,6,13H,4-5,7H2,1H3,(H,14,17)(H,15,16);1H. The van der Waals surface area contributed by atoms with Crippen LogP contribution in [0.25, 0.3) is 0 Å². The third kappa shape index (κ3) is 3.84. The summed E-state index contributed by atoms with van der Waals surface area (Å²) in [5, 5.41) is 8.37. The van der Waals surface area contributed by atoms with E-state index in [1.807, 2.05) is 7.05 Å². The molecule has 0 unspecified atom stereocenters. The summed E-state index contributed by atoms with van der Waals surface area (Å²) in [6, 6.07) is 4.97. The van der Waals surface area contributed by atoms with Gasteiger partial charge in [0, 0.05) is 18.7 Å². The lowest BCUT2D eigenvalue weighted by Gasteiger charge is -2.18. The van der Waals surface area contributed by atoms with Crippen LogP contribution in [0.1, 0.15) is 10.4 Å². The van der Waals surface area contributed by atoms with Crippen molar-refractivity contribution in [3.05, 3.63) is 23.8 Å². The van der Waals surface area contributed by atoms with Gasteiger partial charge in [0.05, 0.1) is 5.69 Å². The minimum Gasteiger partial charge on any atom is -0.482 e. The highest BCUT2D eigenvalue weighted by Crippen LogP contribution is 2.28. The largest absolute Gasteiger partial charge is 0.482 e. The number of benzene rings is 1. The van der Waals surface area contributed by atoms with Crippen molar-refractivity contribution in [1.29, 1.82) is 0 Å². The molecule has 1 aliphatic heterocycles. The van der Waals surface area contributed by atoms with Crippen molar-refractivity contribution in [1.82, 2.24) is 10.6 Å². The molecule has 0 atom stereocenters. The monoisotopic (exact) mass is 285 g/mol. The van der Waals surface area contributed by atoms with E-state index in [0.717, 1.165) is 0 Å². The first kappa shape index (κ1) is 15.3. The summed E-state index contributed by atoms with van der Waals surface area (Å²) >= 11 is 0. The maximum absolute atomic E-state index is 11.8. The quantitative estimate of drug-likeness (QED) is 0.699. The number of amides is 2. The zero-order valence-electron chi connectivity index (χ0n) is 10.5. The van der Waals surface area contributed by atoms with Crippen molar-refractivity contribution >= 4 is 29.9 Å². The lowest BCUT2D eigenvalue weighted by atomic mass is 10.1. The first-order valence-corrected chi connectivity index (χ1v) is 5.70. The summed E-state index contributed by atoms with van der Waals surface area (Å²) in [6.07, 6.45) is 0. The van der Waals surface area contributed by atoms with E-state index in [1.165, 1.54) is 0 Å². The fourth-order valence-electron chi connectivity index (χ4n) is 1.63. The van der Waals surface area contributed by atoms with Gasteiger partial charge in [-0.1, -0.05) is 0 Å². The Hall–Kier alpha value is -1.79. The van der Waals surface area contributed by atoms with Gasteiger partial charge in [-0.2, -0.15) is 0 Å². The van der Waals surface area contributed by atoms with Gasteiger partial charge in [-0.25, -0.2) is 0 Å². The van der Waals surface area contributed by atoms with Crippen molar-refractivity contribution in [2.75, 3.05) is 32.1 Å². The van der Waals surface area contributed by atoms with Crippen LogP contribution in [-0.2, 0) is 4.79 Å². The highest BCUT2D eigenvalue weighted by Gasteiger charge is 2.17. The fraction of sp³-hybridized carbons (Fsp3) is 0.333. The highest BCUT2D eigenvalue weighted by molar-refractivity contribution is 5.99. The third-order valence-electron chi connectivity index (χ3n) is 2.54. The van der Waals surface area contributed by atoms with E-state index in [4.69, 9.17) is 4.74 Å². The lowest BCUT2D eigenvalue weighted by Crippen LogP contribution is -2.31. The Labute approximate surface area is 117 Å². The van der Waals surface area contributed by atoms with Gasteiger partial charge in [-0.3, -0.25) is 9.59 Å². The second kappa shape index (κ2) is 6.96. The molecule has 0 fully saturated rings. The molecule has 0 saturated heterocycles. The topological polar surface area (TPSA) is 79.5 Å². The average molecular weight is 286 g/mol. The van der Waals surface area contributed by atoms with Crippen molar-refractivity contribution < 1.29 is 14.3 Å². The molecule has 1 aromatic rings. The van der Waals surface area contributed by atoms with Gasteiger partial charge in [0.2, 0.25) is 0 Å². The lowest BCUT2D eigenvalue weighted by molar-refractivity contribution is -0.118. The Morgan fingerprint density at radius 3 is 2.95 bits per heavy atom. The molecular weight excluding hydrogens is 270 g/mol. The minimum absolute atomic E-state index is 0. The number of nitrogens with one attached hydrogen (secondary N) is 3. The van der Waals surface area contributed by atoms with Crippen LogP contribution in [0.4, 0.5) is 5.69 Å². The number of rotatable bonds is 4. The van der Waals surface area contributed by atoms with Crippen LogP contribution in [0.15, 0.2) is 18.2 Å². The Balaban J connectivity index is 0.00000180. The molecular formula is C12H16ClN3O3. The van der Waals surface area contributed by atoms with Crippen LogP contribution in [0.3, 0.4) is 0 Å². The van der Waals surface area contributed by atoms with Crippen molar-refractivity contribution in [3.8, 4) is 5.75 Å². The third-order valence-corrected chi connectivity index (χ3v) is 2.54. The zero-order chi connectivity index (χ0) is 13.0. The molecule has 1 heterocycles. The Bertz CT molecular complexity index is 479. The highest BCUT2D eigenvalue weighted by atomic mass is 35.5. The Morgan fingerprint density at radius 1 is 1.42 bits per heavy atom. The molecule has 7 heteroatoms. The Morgan fingerprint density at radius 2 is 2.21 bits per heavy atom. The normalized spacial score (nSPS) is 12.6. The van der Waals surface area contributed by atoms with E-state index >= 15 is 0 Å². The number of carbonyl (C=O) groups excluding carboxylic acids is 2. The molecule has 1 aliphatic rings. The van der Waals surface area contributed by atoms with Crippen LogP contribution in [0, 0.1) is 0 Å². The molecule has 3 N–H and O–H groups in total. The van der Waals surface area contributed by atoms with Crippen molar-refractivity contribution in [3.63, 3.8) is 0 Å². The van der Waals surface area contributed by atoms with Gasteiger partial charge in [0.1, 0.15) is 5.75 Å².